The predicted molar refractivity (Wildman–Crippen MR) is 57.0 cm³/mol. The molecule has 0 amide bonds. The van der Waals surface area contributed by atoms with Crippen molar-refractivity contribution < 1.29 is 19.4 Å². The minimum Gasteiger partial charge on any atom is -0.481 e. The lowest BCUT2D eigenvalue weighted by molar-refractivity contribution is -0.146. The summed E-state index contributed by atoms with van der Waals surface area (Å²) in [5, 5.41) is 11.9. The SMILES string of the molecule is COCCOCCNCC(C)(C)C(=O)O. The molecule has 0 rings (SSSR count). The van der Waals surface area contributed by atoms with Crippen molar-refractivity contribution in [3.05, 3.63) is 0 Å². The summed E-state index contributed by atoms with van der Waals surface area (Å²) in [5.74, 6) is -0.796. The van der Waals surface area contributed by atoms with Crippen LogP contribution in [0.4, 0.5) is 0 Å². The first kappa shape index (κ1) is 14.3. The molecule has 15 heavy (non-hydrogen) atoms. The molecule has 2 N–H and O–H groups in total. The third-order valence-electron chi connectivity index (χ3n) is 2.00. The molecular formula is C10H21NO4. The van der Waals surface area contributed by atoms with E-state index in [9.17, 15) is 4.79 Å². The Hall–Kier alpha value is -0.650. The van der Waals surface area contributed by atoms with Gasteiger partial charge in [-0.2, -0.15) is 0 Å². The second kappa shape index (κ2) is 7.62. The number of ether oxygens (including phenoxy) is 2. The highest BCUT2D eigenvalue weighted by molar-refractivity contribution is 5.73. The zero-order valence-corrected chi connectivity index (χ0v) is 9.71. The molecule has 0 aliphatic carbocycles. The van der Waals surface area contributed by atoms with Gasteiger partial charge in [0.05, 0.1) is 25.2 Å². The van der Waals surface area contributed by atoms with Crippen LogP contribution in [0.3, 0.4) is 0 Å². The Labute approximate surface area is 90.8 Å². The van der Waals surface area contributed by atoms with Crippen molar-refractivity contribution in [2.45, 2.75) is 13.8 Å². The van der Waals surface area contributed by atoms with Crippen LogP contribution < -0.4 is 5.32 Å². The molecule has 0 spiro atoms. The van der Waals surface area contributed by atoms with E-state index in [2.05, 4.69) is 5.32 Å². The molecule has 0 aromatic carbocycles. The van der Waals surface area contributed by atoms with Crippen LogP contribution in [0.1, 0.15) is 13.8 Å². The maximum atomic E-state index is 10.7. The van der Waals surface area contributed by atoms with Crippen LogP contribution >= 0.6 is 0 Å². The smallest absolute Gasteiger partial charge is 0.310 e. The van der Waals surface area contributed by atoms with E-state index in [-0.39, 0.29) is 0 Å². The Kier molecular flexibility index (Phi) is 7.29. The van der Waals surface area contributed by atoms with Gasteiger partial charge in [-0.3, -0.25) is 4.79 Å². The zero-order chi connectivity index (χ0) is 11.7. The molecule has 0 saturated carbocycles. The molecule has 90 valence electrons. The minimum absolute atomic E-state index is 0.440. The van der Waals surface area contributed by atoms with E-state index in [1.54, 1.807) is 21.0 Å². The van der Waals surface area contributed by atoms with Crippen molar-refractivity contribution in [2.24, 2.45) is 5.41 Å². The van der Waals surface area contributed by atoms with E-state index in [4.69, 9.17) is 14.6 Å². The maximum Gasteiger partial charge on any atom is 0.310 e. The van der Waals surface area contributed by atoms with Crippen molar-refractivity contribution in [3.8, 4) is 0 Å². The zero-order valence-electron chi connectivity index (χ0n) is 9.71. The summed E-state index contributed by atoms with van der Waals surface area (Å²) < 4.78 is 10.0. The minimum atomic E-state index is -0.796. The molecule has 0 unspecified atom stereocenters. The second-order valence-corrected chi connectivity index (χ2v) is 3.97. The Balaban J connectivity index is 3.35. The highest BCUT2D eigenvalue weighted by Crippen LogP contribution is 2.12. The fraction of sp³-hybridized carbons (Fsp3) is 0.900. The molecule has 0 atom stereocenters. The number of hydrogen-bond acceptors (Lipinski definition) is 4. The monoisotopic (exact) mass is 219 g/mol. The highest BCUT2D eigenvalue weighted by atomic mass is 16.5. The lowest BCUT2D eigenvalue weighted by atomic mass is 9.94. The summed E-state index contributed by atoms with van der Waals surface area (Å²) in [5.41, 5.74) is -0.730. The quantitative estimate of drug-likeness (QED) is 0.548. The number of hydrogen-bond donors (Lipinski definition) is 2. The van der Waals surface area contributed by atoms with Crippen LogP contribution in [0, 0.1) is 5.41 Å². The summed E-state index contributed by atoms with van der Waals surface area (Å²) in [7, 11) is 1.62. The molecule has 0 fully saturated rings. The van der Waals surface area contributed by atoms with E-state index in [1.165, 1.54) is 0 Å². The van der Waals surface area contributed by atoms with Crippen molar-refractivity contribution in [3.63, 3.8) is 0 Å². The first-order valence-corrected chi connectivity index (χ1v) is 5.01. The Morgan fingerprint density at radius 1 is 1.33 bits per heavy atom. The van der Waals surface area contributed by atoms with Gasteiger partial charge in [-0.05, 0) is 13.8 Å². The summed E-state index contributed by atoms with van der Waals surface area (Å²) >= 11 is 0. The van der Waals surface area contributed by atoms with E-state index < -0.39 is 11.4 Å². The normalized spacial score (nSPS) is 11.7. The second-order valence-electron chi connectivity index (χ2n) is 3.97. The number of carbonyl (C=O) groups is 1. The van der Waals surface area contributed by atoms with Crippen LogP contribution in [-0.2, 0) is 14.3 Å². The van der Waals surface area contributed by atoms with E-state index in [1.807, 2.05) is 0 Å². The van der Waals surface area contributed by atoms with Gasteiger partial charge in [-0.15, -0.1) is 0 Å². The van der Waals surface area contributed by atoms with Gasteiger partial charge >= 0.3 is 5.97 Å². The lowest BCUT2D eigenvalue weighted by Crippen LogP contribution is -2.37. The average molecular weight is 219 g/mol. The fourth-order valence-corrected chi connectivity index (χ4v) is 0.865. The highest BCUT2D eigenvalue weighted by Gasteiger charge is 2.26. The Bertz CT molecular complexity index is 182. The summed E-state index contributed by atoms with van der Waals surface area (Å²) in [6, 6.07) is 0. The molecule has 0 aliphatic rings. The van der Waals surface area contributed by atoms with Gasteiger partial charge < -0.3 is 19.9 Å². The third kappa shape index (κ3) is 7.30. The maximum absolute atomic E-state index is 10.7. The van der Waals surface area contributed by atoms with Crippen LogP contribution in [-0.4, -0.2) is 51.1 Å². The van der Waals surface area contributed by atoms with Gasteiger partial charge in [-0.1, -0.05) is 0 Å². The van der Waals surface area contributed by atoms with Gasteiger partial charge in [0.25, 0.3) is 0 Å². The molecule has 5 nitrogen and oxygen atoms in total. The molecule has 5 heteroatoms. The van der Waals surface area contributed by atoms with Crippen LogP contribution in [0.15, 0.2) is 0 Å². The summed E-state index contributed by atoms with van der Waals surface area (Å²) in [4.78, 5) is 10.7. The number of carboxylic acids is 1. The van der Waals surface area contributed by atoms with Gasteiger partial charge in [0, 0.05) is 20.2 Å². The van der Waals surface area contributed by atoms with Crippen molar-refractivity contribution >= 4 is 5.97 Å². The van der Waals surface area contributed by atoms with Crippen molar-refractivity contribution in [1.82, 2.24) is 5.32 Å². The number of nitrogens with one attached hydrogen (secondary N) is 1. The number of carboxylic acid groups (broad SMARTS) is 1. The Morgan fingerprint density at radius 2 is 2.00 bits per heavy atom. The van der Waals surface area contributed by atoms with Crippen LogP contribution in [0.2, 0.25) is 0 Å². The topological polar surface area (TPSA) is 67.8 Å². The fourth-order valence-electron chi connectivity index (χ4n) is 0.865. The first-order chi connectivity index (χ1) is 7.00. The van der Waals surface area contributed by atoms with E-state index in [0.29, 0.717) is 32.9 Å². The van der Waals surface area contributed by atoms with Crippen molar-refractivity contribution in [1.29, 1.82) is 0 Å². The molecular weight excluding hydrogens is 198 g/mol. The van der Waals surface area contributed by atoms with Gasteiger partial charge in [0.2, 0.25) is 0 Å². The third-order valence-corrected chi connectivity index (χ3v) is 2.00. The molecule has 0 aromatic rings. The molecule has 0 saturated heterocycles. The average Bonchev–Trinajstić information content (AvgIpc) is 2.16. The van der Waals surface area contributed by atoms with E-state index >= 15 is 0 Å². The summed E-state index contributed by atoms with van der Waals surface area (Å²) in [6.07, 6.45) is 0. The molecule has 0 bridgehead atoms. The van der Waals surface area contributed by atoms with Crippen LogP contribution in [0.5, 0.6) is 0 Å². The molecule has 0 radical (unpaired) electrons. The molecule has 0 aliphatic heterocycles. The number of rotatable bonds is 9. The van der Waals surface area contributed by atoms with Gasteiger partial charge in [-0.25, -0.2) is 0 Å². The first-order valence-electron chi connectivity index (χ1n) is 5.01. The van der Waals surface area contributed by atoms with E-state index in [0.717, 1.165) is 0 Å². The predicted octanol–water partition coefficient (Wildman–Crippen LogP) is 0.350. The number of methoxy groups -OCH3 is 1. The summed E-state index contributed by atoms with van der Waals surface area (Å²) in [6.45, 7) is 6.19. The largest absolute Gasteiger partial charge is 0.481 e. The van der Waals surface area contributed by atoms with Gasteiger partial charge in [0.15, 0.2) is 0 Å². The molecule has 0 heterocycles. The standard InChI is InChI=1S/C10H21NO4/c1-10(2,9(12)13)8-11-4-5-15-7-6-14-3/h11H,4-8H2,1-3H3,(H,12,13). The lowest BCUT2D eigenvalue weighted by Gasteiger charge is -2.19. The number of aliphatic carboxylic acids is 1. The van der Waals surface area contributed by atoms with Crippen LogP contribution in [0.25, 0.3) is 0 Å². The van der Waals surface area contributed by atoms with Gasteiger partial charge in [0.1, 0.15) is 0 Å². The van der Waals surface area contributed by atoms with Crippen molar-refractivity contribution in [2.75, 3.05) is 40.0 Å². The Morgan fingerprint density at radius 3 is 2.53 bits per heavy atom. The molecule has 0 aromatic heterocycles.